The number of rotatable bonds is 5. The van der Waals surface area contributed by atoms with Crippen LogP contribution < -0.4 is 10.1 Å². The zero-order chi connectivity index (χ0) is 17.8. The molecule has 6 nitrogen and oxygen atoms in total. The van der Waals surface area contributed by atoms with Gasteiger partial charge in [-0.15, -0.1) is 0 Å². The Morgan fingerprint density at radius 2 is 2.00 bits per heavy atom. The Hall–Kier alpha value is -1.89. The van der Waals surface area contributed by atoms with E-state index >= 15 is 0 Å². The molecule has 0 saturated carbocycles. The van der Waals surface area contributed by atoms with Crippen LogP contribution >= 0.6 is 0 Å². The molecule has 2 aliphatic rings. The summed E-state index contributed by atoms with van der Waals surface area (Å²) in [4.78, 5) is 0. The Morgan fingerprint density at radius 3 is 2.77 bits per heavy atom. The summed E-state index contributed by atoms with van der Waals surface area (Å²) >= 11 is 0. The third kappa shape index (κ3) is 3.92. The monoisotopic (exact) mass is 358 g/mol. The van der Waals surface area contributed by atoms with Gasteiger partial charge in [0.05, 0.1) is 18.4 Å². The minimum Gasteiger partial charge on any atom is -0.497 e. The maximum absolute atomic E-state index is 6.11. The van der Waals surface area contributed by atoms with Gasteiger partial charge in [-0.1, -0.05) is 5.16 Å². The number of benzene rings is 1. The topological polar surface area (TPSA) is 65.8 Å². The minimum atomic E-state index is 0.00620. The van der Waals surface area contributed by atoms with E-state index in [4.69, 9.17) is 18.7 Å². The van der Waals surface area contributed by atoms with E-state index in [-0.39, 0.29) is 5.60 Å². The summed E-state index contributed by atoms with van der Waals surface area (Å²) in [6, 6.07) is 10.2. The molecule has 0 radical (unpaired) electrons. The highest BCUT2D eigenvalue weighted by Gasteiger charge is 2.38. The molecule has 0 bridgehead atoms. The highest BCUT2D eigenvalue weighted by molar-refractivity contribution is 5.58. The number of aromatic nitrogens is 1. The first-order valence-electron chi connectivity index (χ1n) is 9.31. The Labute approximate surface area is 153 Å². The van der Waals surface area contributed by atoms with Crippen molar-refractivity contribution in [2.75, 3.05) is 26.9 Å². The molecule has 1 unspecified atom stereocenters. The summed E-state index contributed by atoms with van der Waals surface area (Å²) in [5, 5.41) is 7.83. The molecule has 4 rings (SSSR count). The summed E-state index contributed by atoms with van der Waals surface area (Å²) in [6.45, 7) is 3.13. The Kier molecular flexibility index (Phi) is 5.24. The van der Waals surface area contributed by atoms with Gasteiger partial charge >= 0.3 is 0 Å². The predicted molar refractivity (Wildman–Crippen MR) is 97.1 cm³/mol. The Balaban J connectivity index is 1.34. The molecule has 2 fully saturated rings. The molecule has 3 heterocycles. The lowest BCUT2D eigenvalue weighted by Crippen LogP contribution is -2.49. The number of methoxy groups -OCH3 is 1. The number of nitrogens with zero attached hydrogens (tertiary/aromatic N) is 1. The number of hydrogen-bond acceptors (Lipinski definition) is 6. The highest BCUT2D eigenvalue weighted by Crippen LogP contribution is 2.34. The standard InChI is InChI=1S/C20H26N2O4/c1-23-18-4-2-15(3-5-18)19-12-17(22-26-19)14-21-16-6-9-25-20(13-16)7-10-24-11-8-20/h2-5,12,16,21H,6-11,13-14H2,1H3. The van der Waals surface area contributed by atoms with Crippen molar-refractivity contribution in [3.8, 4) is 17.1 Å². The number of nitrogens with one attached hydrogen (secondary N) is 1. The van der Waals surface area contributed by atoms with E-state index in [9.17, 15) is 0 Å². The average Bonchev–Trinajstić information content (AvgIpc) is 3.16. The lowest BCUT2D eigenvalue weighted by atomic mass is 9.84. The average molecular weight is 358 g/mol. The van der Waals surface area contributed by atoms with Gasteiger partial charge in [0.15, 0.2) is 5.76 Å². The SMILES string of the molecule is COc1ccc(-c2cc(CNC3CCOC4(CCOCC4)C3)no2)cc1. The second kappa shape index (κ2) is 7.78. The van der Waals surface area contributed by atoms with Crippen molar-refractivity contribution >= 4 is 0 Å². The summed E-state index contributed by atoms with van der Waals surface area (Å²) in [5.41, 5.74) is 1.92. The molecule has 2 aromatic rings. The molecule has 6 heteroatoms. The molecule has 26 heavy (non-hydrogen) atoms. The highest BCUT2D eigenvalue weighted by atomic mass is 16.5. The molecular formula is C20H26N2O4. The van der Waals surface area contributed by atoms with Crippen molar-refractivity contribution < 1.29 is 18.7 Å². The van der Waals surface area contributed by atoms with Gasteiger partial charge in [0.25, 0.3) is 0 Å². The van der Waals surface area contributed by atoms with Crippen LogP contribution in [-0.2, 0) is 16.0 Å². The minimum absolute atomic E-state index is 0.00620. The zero-order valence-corrected chi connectivity index (χ0v) is 15.2. The van der Waals surface area contributed by atoms with E-state index in [1.807, 2.05) is 30.3 Å². The fourth-order valence-corrected chi connectivity index (χ4v) is 3.83. The summed E-state index contributed by atoms with van der Waals surface area (Å²) in [5.74, 6) is 1.61. The quantitative estimate of drug-likeness (QED) is 0.886. The van der Waals surface area contributed by atoms with Crippen LogP contribution in [-0.4, -0.2) is 43.7 Å². The second-order valence-corrected chi connectivity index (χ2v) is 7.13. The van der Waals surface area contributed by atoms with Gasteiger partial charge in [-0.05, 0) is 49.9 Å². The van der Waals surface area contributed by atoms with Gasteiger partial charge < -0.3 is 24.1 Å². The van der Waals surface area contributed by atoms with Crippen LogP contribution in [0.4, 0.5) is 0 Å². The van der Waals surface area contributed by atoms with Gasteiger partial charge in [-0.2, -0.15) is 0 Å². The van der Waals surface area contributed by atoms with E-state index in [1.54, 1.807) is 7.11 Å². The maximum Gasteiger partial charge on any atom is 0.167 e. The second-order valence-electron chi connectivity index (χ2n) is 7.13. The molecule has 1 spiro atoms. The van der Waals surface area contributed by atoms with Crippen molar-refractivity contribution in [3.05, 3.63) is 36.0 Å². The van der Waals surface area contributed by atoms with Crippen LogP contribution in [0.5, 0.6) is 5.75 Å². The first-order valence-corrected chi connectivity index (χ1v) is 9.31. The van der Waals surface area contributed by atoms with E-state index in [0.717, 1.165) is 68.3 Å². The Bertz CT molecular complexity index is 701. The fourth-order valence-electron chi connectivity index (χ4n) is 3.83. The van der Waals surface area contributed by atoms with E-state index < -0.39 is 0 Å². The van der Waals surface area contributed by atoms with Crippen molar-refractivity contribution in [3.63, 3.8) is 0 Å². The van der Waals surface area contributed by atoms with Crippen LogP contribution in [0, 0.1) is 0 Å². The van der Waals surface area contributed by atoms with Crippen molar-refractivity contribution in [2.45, 2.75) is 43.9 Å². The van der Waals surface area contributed by atoms with Crippen molar-refractivity contribution in [2.24, 2.45) is 0 Å². The van der Waals surface area contributed by atoms with Crippen LogP contribution in [0.25, 0.3) is 11.3 Å². The molecule has 0 aliphatic carbocycles. The normalized spacial score (nSPS) is 22.4. The third-order valence-electron chi connectivity index (χ3n) is 5.40. The van der Waals surface area contributed by atoms with Gasteiger partial charge in [-0.25, -0.2) is 0 Å². The lowest BCUT2D eigenvalue weighted by Gasteiger charge is -2.43. The van der Waals surface area contributed by atoms with Crippen LogP contribution in [0.15, 0.2) is 34.9 Å². The molecule has 1 N–H and O–H groups in total. The van der Waals surface area contributed by atoms with Gasteiger partial charge in [-0.3, -0.25) is 0 Å². The first-order chi connectivity index (χ1) is 12.8. The molecule has 2 saturated heterocycles. The number of hydrogen-bond donors (Lipinski definition) is 1. The van der Waals surface area contributed by atoms with Gasteiger partial charge in [0.2, 0.25) is 0 Å². The van der Waals surface area contributed by atoms with Crippen LogP contribution in [0.3, 0.4) is 0 Å². The Morgan fingerprint density at radius 1 is 1.19 bits per heavy atom. The summed E-state index contributed by atoms with van der Waals surface area (Å²) in [7, 11) is 1.66. The molecular weight excluding hydrogens is 332 g/mol. The maximum atomic E-state index is 6.11. The lowest BCUT2D eigenvalue weighted by molar-refractivity contribution is -0.140. The van der Waals surface area contributed by atoms with E-state index in [2.05, 4.69) is 10.5 Å². The predicted octanol–water partition coefficient (Wildman–Crippen LogP) is 3.17. The zero-order valence-electron chi connectivity index (χ0n) is 15.2. The summed E-state index contributed by atoms with van der Waals surface area (Å²) in [6.07, 6.45) is 4.07. The largest absolute Gasteiger partial charge is 0.497 e. The first kappa shape index (κ1) is 17.5. The molecule has 1 aromatic heterocycles. The molecule has 1 atom stereocenters. The smallest absolute Gasteiger partial charge is 0.167 e. The molecule has 140 valence electrons. The van der Waals surface area contributed by atoms with Crippen molar-refractivity contribution in [1.82, 2.24) is 10.5 Å². The van der Waals surface area contributed by atoms with Gasteiger partial charge in [0, 0.05) is 44.0 Å². The molecule has 1 aromatic carbocycles. The van der Waals surface area contributed by atoms with Gasteiger partial charge in [0.1, 0.15) is 5.75 Å². The van der Waals surface area contributed by atoms with Crippen LogP contribution in [0.2, 0.25) is 0 Å². The third-order valence-corrected chi connectivity index (χ3v) is 5.40. The number of ether oxygens (including phenoxy) is 3. The van der Waals surface area contributed by atoms with E-state index in [0.29, 0.717) is 12.6 Å². The fraction of sp³-hybridized carbons (Fsp3) is 0.550. The molecule has 0 amide bonds. The van der Waals surface area contributed by atoms with E-state index in [1.165, 1.54) is 0 Å². The van der Waals surface area contributed by atoms with Crippen molar-refractivity contribution in [1.29, 1.82) is 0 Å². The molecule has 2 aliphatic heterocycles. The summed E-state index contributed by atoms with van der Waals surface area (Å²) < 4.78 is 22.3. The van der Waals surface area contributed by atoms with Crippen LogP contribution in [0.1, 0.15) is 31.4 Å².